The molecule has 2 rings (SSSR count). The zero-order valence-electron chi connectivity index (χ0n) is 20.2. The number of hydrogen-bond acceptors (Lipinski definition) is 9. The smallest absolute Gasteiger partial charge is 0.459 e. The number of aliphatic hydroxyl groups excluding tert-OH is 2. The van der Waals surface area contributed by atoms with Gasteiger partial charge in [-0.1, -0.05) is 25.1 Å². The van der Waals surface area contributed by atoms with Crippen molar-refractivity contribution in [2.75, 3.05) is 7.11 Å². The lowest BCUT2D eigenvalue weighted by Crippen LogP contribution is -2.45. The second kappa shape index (κ2) is 12.3. The first-order valence-electron chi connectivity index (χ1n) is 10.9. The van der Waals surface area contributed by atoms with Gasteiger partial charge in [0, 0.05) is 18.2 Å². The molecule has 0 saturated heterocycles. The lowest BCUT2D eigenvalue weighted by Gasteiger charge is -2.33. The topological polar surface area (TPSA) is 169 Å². The monoisotopic (exact) mass is 513 g/mol. The molecule has 194 valence electrons. The van der Waals surface area contributed by atoms with Crippen molar-refractivity contribution < 1.29 is 33.4 Å². The van der Waals surface area contributed by atoms with Crippen LogP contribution in [0.1, 0.15) is 33.7 Å². The quantitative estimate of drug-likeness (QED) is 0.239. The van der Waals surface area contributed by atoms with E-state index in [1.165, 1.54) is 34.1 Å². The Balaban J connectivity index is 2.20. The number of aliphatic hydroxyl groups is 2. The van der Waals surface area contributed by atoms with E-state index in [0.29, 0.717) is 0 Å². The summed E-state index contributed by atoms with van der Waals surface area (Å²) in [6, 6.07) is 7.34. The molecule has 2 aromatic rings. The van der Waals surface area contributed by atoms with Crippen molar-refractivity contribution in [2.45, 2.75) is 58.1 Å². The number of ether oxygens (including phenoxy) is 1. The Bertz CT molecular complexity index is 1140. The van der Waals surface area contributed by atoms with Gasteiger partial charge in [0.1, 0.15) is 17.9 Å². The molecule has 0 fully saturated rings. The van der Waals surface area contributed by atoms with Crippen molar-refractivity contribution in [2.24, 2.45) is 5.92 Å². The molecule has 0 aliphatic rings. The van der Waals surface area contributed by atoms with Gasteiger partial charge in [0.2, 0.25) is 0 Å². The first kappa shape index (κ1) is 28.5. The fourth-order valence-corrected chi connectivity index (χ4v) is 5.03. The molecule has 12 nitrogen and oxygen atoms in total. The number of hydrogen-bond donors (Lipinski definition) is 4. The summed E-state index contributed by atoms with van der Waals surface area (Å²) in [6.07, 6.45) is -2.61. The van der Waals surface area contributed by atoms with Crippen LogP contribution in [0.25, 0.3) is 0 Å². The number of carbonyl (C=O) groups is 1. The van der Waals surface area contributed by atoms with E-state index in [9.17, 15) is 29.2 Å². The molecule has 0 aliphatic heterocycles. The van der Waals surface area contributed by atoms with Crippen LogP contribution in [-0.4, -0.2) is 57.2 Å². The Morgan fingerprint density at radius 2 is 1.69 bits per heavy atom. The number of H-pyrrole nitrogens is 1. The van der Waals surface area contributed by atoms with Crippen LogP contribution in [0.3, 0.4) is 0 Å². The molecule has 0 saturated carbocycles. The van der Waals surface area contributed by atoms with E-state index in [2.05, 4.69) is 14.8 Å². The lowest BCUT2D eigenvalue weighted by atomic mass is 9.92. The highest BCUT2D eigenvalue weighted by Gasteiger charge is 2.38. The Kier molecular flexibility index (Phi) is 9.99. The molecule has 7 atom stereocenters. The van der Waals surface area contributed by atoms with Crippen molar-refractivity contribution in [1.29, 1.82) is 0 Å². The first-order chi connectivity index (χ1) is 16.4. The summed E-state index contributed by atoms with van der Waals surface area (Å²) in [7, 11) is -3.00. The van der Waals surface area contributed by atoms with Gasteiger partial charge in [-0.3, -0.25) is 23.7 Å². The van der Waals surface area contributed by atoms with Crippen molar-refractivity contribution in [3.8, 4) is 5.75 Å². The molecule has 0 aliphatic carbocycles. The van der Waals surface area contributed by atoms with E-state index in [-0.39, 0.29) is 5.75 Å². The van der Waals surface area contributed by atoms with Crippen molar-refractivity contribution in [1.82, 2.24) is 14.6 Å². The van der Waals surface area contributed by atoms with Crippen LogP contribution >= 0.6 is 7.75 Å². The molecule has 0 amide bonds. The predicted octanol–water partition coefficient (Wildman–Crippen LogP) is 1.20. The number of aromatic amines is 1. The number of esters is 1. The minimum atomic E-state index is -4.18. The van der Waals surface area contributed by atoms with Crippen LogP contribution in [0, 0.1) is 5.92 Å². The second-order valence-corrected chi connectivity index (χ2v) is 9.83. The molecule has 13 heteroatoms. The summed E-state index contributed by atoms with van der Waals surface area (Å²) in [6.45, 7) is 5.99. The summed E-state index contributed by atoms with van der Waals surface area (Å²) < 4.78 is 30.6. The number of methoxy groups -OCH3 is 1. The predicted molar refractivity (Wildman–Crippen MR) is 127 cm³/mol. The van der Waals surface area contributed by atoms with E-state index >= 15 is 0 Å². The zero-order valence-corrected chi connectivity index (χ0v) is 21.0. The van der Waals surface area contributed by atoms with E-state index in [1.54, 1.807) is 37.3 Å². The van der Waals surface area contributed by atoms with Crippen LogP contribution < -0.4 is 20.9 Å². The van der Waals surface area contributed by atoms with E-state index < -0.39 is 61.3 Å². The lowest BCUT2D eigenvalue weighted by molar-refractivity contribution is -0.142. The Morgan fingerprint density at radius 1 is 1.06 bits per heavy atom. The minimum absolute atomic E-state index is 0.215. The molecular formula is C22H32N3O9P. The molecule has 0 bridgehead atoms. The van der Waals surface area contributed by atoms with Crippen LogP contribution in [0.15, 0.2) is 52.2 Å². The van der Waals surface area contributed by atoms with Gasteiger partial charge >= 0.3 is 19.4 Å². The third-order valence-electron chi connectivity index (χ3n) is 5.59. The number of aromatic nitrogens is 2. The maximum absolute atomic E-state index is 13.6. The normalized spacial score (nSPS) is 18.4. The van der Waals surface area contributed by atoms with E-state index in [0.717, 1.165) is 10.6 Å². The maximum atomic E-state index is 13.6. The minimum Gasteiger partial charge on any atom is -0.468 e. The van der Waals surface area contributed by atoms with Gasteiger partial charge in [0.05, 0.1) is 25.4 Å². The fourth-order valence-electron chi connectivity index (χ4n) is 3.27. The highest BCUT2D eigenvalue weighted by atomic mass is 31.2. The maximum Gasteiger partial charge on any atom is 0.459 e. The summed E-state index contributed by atoms with van der Waals surface area (Å²) in [5, 5.41) is 24.0. The van der Waals surface area contributed by atoms with Crippen molar-refractivity contribution >= 4 is 13.7 Å². The van der Waals surface area contributed by atoms with Gasteiger partial charge in [0.15, 0.2) is 0 Å². The van der Waals surface area contributed by atoms with Crippen LogP contribution in [0.5, 0.6) is 5.75 Å². The molecule has 35 heavy (non-hydrogen) atoms. The Morgan fingerprint density at radius 3 is 2.26 bits per heavy atom. The van der Waals surface area contributed by atoms with Gasteiger partial charge in [0.25, 0.3) is 5.56 Å². The number of rotatable bonds is 12. The fraction of sp³-hybridized carbons (Fsp3) is 0.500. The average molecular weight is 513 g/mol. The molecule has 3 unspecified atom stereocenters. The standard InChI is InChI=1S/C22H32N3O9P/c1-13(19(27)20(28)15(3)25-12-11-18(26)23-22(25)30)16(4)33-35(31,24-14(2)21(29)32-5)34-17-9-7-6-8-10-17/h6-16,19-20,27-28H,1-5H3,(H,24,31)(H,23,26,30)/t13-,14?,15-,16?,19-,20+,35?/m1/s1. The average Bonchev–Trinajstić information content (AvgIpc) is 2.81. The van der Waals surface area contributed by atoms with Gasteiger partial charge < -0.3 is 19.5 Å². The van der Waals surface area contributed by atoms with Gasteiger partial charge in [-0.2, -0.15) is 5.09 Å². The highest BCUT2D eigenvalue weighted by Crippen LogP contribution is 2.47. The molecular weight excluding hydrogens is 481 g/mol. The summed E-state index contributed by atoms with van der Waals surface area (Å²) in [5.41, 5.74) is -1.33. The van der Waals surface area contributed by atoms with Crippen LogP contribution in [0.2, 0.25) is 0 Å². The summed E-state index contributed by atoms with van der Waals surface area (Å²) in [4.78, 5) is 37.3. The summed E-state index contributed by atoms with van der Waals surface area (Å²) >= 11 is 0. The van der Waals surface area contributed by atoms with E-state index in [4.69, 9.17) is 9.05 Å². The third-order valence-corrected chi connectivity index (χ3v) is 7.36. The SMILES string of the molecule is COC(=O)C(C)NP(=O)(Oc1ccccc1)OC(C)[C@@H](C)[C@@H](O)[C@@H](O)[C@@H](C)n1ccc(=O)[nH]c1=O. The molecule has 4 N–H and O–H groups in total. The van der Waals surface area contributed by atoms with E-state index in [1.807, 2.05) is 0 Å². The molecule has 1 heterocycles. The third kappa shape index (κ3) is 7.61. The zero-order chi connectivity index (χ0) is 26.3. The van der Waals surface area contributed by atoms with Gasteiger partial charge in [-0.15, -0.1) is 0 Å². The summed E-state index contributed by atoms with van der Waals surface area (Å²) in [5.74, 6) is -1.29. The van der Waals surface area contributed by atoms with Crippen molar-refractivity contribution in [3.05, 3.63) is 63.4 Å². The van der Waals surface area contributed by atoms with Crippen LogP contribution in [-0.2, 0) is 18.6 Å². The highest BCUT2D eigenvalue weighted by molar-refractivity contribution is 7.52. The van der Waals surface area contributed by atoms with Crippen molar-refractivity contribution in [3.63, 3.8) is 0 Å². The Labute approximate surface area is 202 Å². The molecule has 1 aromatic carbocycles. The number of benzene rings is 1. The first-order valence-corrected chi connectivity index (χ1v) is 12.5. The largest absolute Gasteiger partial charge is 0.468 e. The number of nitrogens with one attached hydrogen (secondary N) is 2. The molecule has 0 radical (unpaired) electrons. The van der Waals surface area contributed by atoms with Crippen LogP contribution in [0.4, 0.5) is 0 Å². The molecule has 0 spiro atoms. The van der Waals surface area contributed by atoms with Gasteiger partial charge in [-0.25, -0.2) is 9.36 Å². The number of carbonyl (C=O) groups excluding carboxylic acids is 1. The van der Waals surface area contributed by atoms with Gasteiger partial charge in [-0.05, 0) is 32.9 Å². The molecule has 1 aromatic heterocycles. The Hall–Kier alpha value is -2.76. The number of nitrogens with zero attached hydrogens (tertiary/aromatic N) is 1. The number of para-hydroxylation sites is 1. The second-order valence-electron chi connectivity index (χ2n) is 8.18.